The van der Waals surface area contributed by atoms with Crippen molar-refractivity contribution in [1.82, 2.24) is 0 Å². The molecule has 0 radical (unpaired) electrons. The molecule has 0 atom stereocenters. The number of para-hydroxylation sites is 2. The fraction of sp³-hybridized carbons (Fsp3) is 0.176. The van der Waals surface area contributed by atoms with E-state index in [4.69, 9.17) is 4.74 Å². The smallest absolute Gasteiger partial charge is 0.243 e. The number of hydrogen-bond acceptors (Lipinski definition) is 4. The van der Waals surface area contributed by atoms with Crippen LogP contribution < -0.4 is 15.4 Å². The quantitative estimate of drug-likeness (QED) is 0.805. The Labute approximate surface area is 129 Å². The summed E-state index contributed by atoms with van der Waals surface area (Å²) in [6.07, 6.45) is 0. The van der Waals surface area contributed by atoms with Crippen LogP contribution in [-0.4, -0.2) is 25.3 Å². The summed E-state index contributed by atoms with van der Waals surface area (Å²) in [4.78, 5) is 23.3. The number of amides is 1. The first kappa shape index (κ1) is 15.6. The summed E-state index contributed by atoms with van der Waals surface area (Å²) >= 11 is 0. The monoisotopic (exact) mass is 298 g/mol. The maximum Gasteiger partial charge on any atom is 0.243 e. The van der Waals surface area contributed by atoms with E-state index in [0.717, 1.165) is 5.69 Å². The molecular formula is C17H18N2O3. The highest BCUT2D eigenvalue weighted by molar-refractivity contribution is 5.98. The summed E-state index contributed by atoms with van der Waals surface area (Å²) in [6, 6.07) is 14.2. The molecule has 0 spiro atoms. The molecular weight excluding hydrogens is 280 g/mol. The maximum absolute atomic E-state index is 12.0. The van der Waals surface area contributed by atoms with Crippen LogP contribution in [0.5, 0.6) is 5.75 Å². The number of ketones is 1. The molecule has 0 saturated heterocycles. The molecule has 0 unspecified atom stereocenters. The van der Waals surface area contributed by atoms with E-state index in [1.165, 1.54) is 6.92 Å². The van der Waals surface area contributed by atoms with Crippen molar-refractivity contribution in [3.05, 3.63) is 54.1 Å². The van der Waals surface area contributed by atoms with Crippen molar-refractivity contribution in [3.8, 4) is 5.75 Å². The van der Waals surface area contributed by atoms with Gasteiger partial charge in [-0.1, -0.05) is 24.3 Å². The van der Waals surface area contributed by atoms with Gasteiger partial charge in [-0.15, -0.1) is 0 Å². The fourth-order valence-corrected chi connectivity index (χ4v) is 1.99. The van der Waals surface area contributed by atoms with E-state index in [9.17, 15) is 9.59 Å². The van der Waals surface area contributed by atoms with Crippen molar-refractivity contribution in [1.29, 1.82) is 0 Å². The zero-order valence-electron chi connectivity index (χ0n) is 12.6. The van der Waals surface area contributed by atoms with E-state index >= 15 is 0 Å². The molecule has 0 aromatic heterocycles. The maximum atomic E-state index is 12.0. The molecule has 22 heavy (non-hydrogen) atoms. The number of ether oxygens (including phenoxy) is 1. The van der Waals surface area contributed by atoms with Crippen molar-refractivity contribution in [2.24, 2.45) is 0 Å². The number of methoxy groups -OCH3 is 1. The Bertz CT molecular complexity index is 683. The van der Waals surface area contributed by atoms with Gasteiger partial charge in [0, 0.05) is 11.3 Å². The number of hydrogen-bond donors (Lipinski definition) is 2. The molecule has 0 fully saturated rings. The second-order valence-electron chi connectivity index (χ2n) is 4.74. The van der Waals surface area contributed by atoms with Gasteiger partial charge in [-0.2, -0.15) is 0 Å². The van der Waals surface area contributed by atoms with Gasteiger partial charge < -0.3 is 15.4 Å². The lowest BCUT2D eigenvalue weighted by atomic mass is 10.1. The molecule has 0 saturated carbocycles. The van der Waals surface area contributed by atoms with E-state index in [1.807, 2.05) is 24.3 Å². The van der Waals surface area contributed by atoms with E-state index in [1.54, 1.807) is 31.4 Å². The Balaban J connectivity index is 1.96. The fourth-order valence-electron chi connectivity index (χ4n) is 1.99. The minimum atomic E-state index is -0.202. The van der Waals surface area contributed by atoms with Gasteiger partial charge in [-0.3, -0.25) is 9.59 Å². The van der Waals surface area contributed by atoms with E-state index in [0.29, 0.717) is 17.0 Å². The topological polar surface area (TPSA) is 67.4 Å². The third-order valence-corrected chi connectivity index (χ3v) is 3.10. The molecule has 0 heterocycles. The van der Waals surface area contributed by atoms with Crippen LogP contribution in [0.3, 0.4) is 0 Å². The summed E-state index contributed by atoms with van der Waals surface area (Å²) in [5.74, 6) is 0.434. The standard InChI is InChI=1S/C17H18N2O3/c1-12(20)13-6-5-7-14(10-13)19-17(21)11-18-15-8-3-4-9-16(15)22-2/h3-10,18H,11H2,1-2H3,(H,19,21). The lowest BCUT2D eigenvalue weighted by molar-refractivity contribution is -0.114. The van der Waals surface area contributed by atoms with E-state index in [2.05, 4.69) is 10.6 Å². The van der Waals surface area contributed by atoms with E-state index < -0.39 is 0 Å². The summed E-state index contributed by atoms with van der Waals surface area (Å²) < 4.78 is 5.21. The third-order valence-electron chi connectivity index (χ3n) is 3.10. The van der Waals surface area contributed by atoms with Crippen molar-refractivity contribution < 1.29 is 14.3 Å². The van der Waals surface area contributed by atoms with Crippen LogP contribution in [0.15, 0.2) is 48.5 Å². The highest BCUT2D eigenvalue weighted by Crippen LogP contribution is 2.22. The lowest BCUT2D eigenvalue weighted by Crippen LogP contribution is -2.22. The first-order valence-corrected chi connectivity index (χ1v) is 6.88. The molecule has 0 bridgehead atoms. The molecule has 2 N–H and O–H groups in total. The van der Waals surface area contributed by atoms with Crippen molar-refractivity contribution in [2.75, 3.05) is 24.3 Å². The van der Waals surface area contributed by atoms with Crippen LogP contribution in [0, 0.1) is 0 Å². The lowest BCUT2D eigenvalue weighted by Gasteiger charge is -2.11. The molecule has 2 aromatic carbocycles. The molecule has 2 aromatic rings. The molecule has 0 aliphatic heterocycles. The van der Waals surface area contributed by atoms with Crippen LogP contribution in [-0.2, 0) is 4.79 Å². The van der Waals surface area contributed by atoms with Gasteiger partial charge in [0.05, 0.1) is 19.3 Å². The number of Topliss-reactive ketones (excluding diaryl/α,β-unsaturated/α-hetero) is 1. The first-order valence-electron chi connectivity index (χ1n) is 6.88. The van der Waals surface area contributed by atoms with Gasteiger partial charge in [-0.25, -0.2) is 0 Å². The normalized spacial score (nSPS) is 9.91. The molecule has 0 aliphatic carbocycles. The van der Waals surface area contributed by atoms with Crippen LogP contribution >= 0.6 is 0 Å². The van der Waals surface area contributed by atoms with Crippen molar-refractivity contribution >= 4 is 23.1 Å². The molecule has 5 heteroatoms. The van der Waals surface area contributed by atoms with Crippen LogP contribution in [0.1, 0.15) is 17.3 Å². The molecule has 5 nitrogen and oxygen atoms in total. The Morgan fingerprint density at radius 3 is 2.59 bits per heavy atom. The van der Waals surface area contributed by atoms with E-state index in [-0.39, 0.29) is 18.2 Å². The van der Waals surface area contributed by atoms with Gasteiger partial charge in [-0.05, 0) is 31.2 Å². The minimum absolute atomic E-state index is 0.0387. The number of rotatable bonds is 6. The zero-order valence-corrected chi connectivity index (χ0v) is 12.6. The van der Waals surface area contributed by atoms with Gasteiger partial charge in [0.15, 0.2) is 5.78 Å². The highest BCUT2D eigenvalue weighted by Gasteiger charge is 2.06. The van der Waals surface area contributed by atoms with Gasteiger partial charge in [0.1, 0.15) is 5.75 Å². The Morgan fingerprint density at radius 2 is 1.86 bits per heavy atom. The predicted octanol–water partition coefficient (Wildman–Crippen LogP) is 2.95. The van der Waals surface area contributed by atoms with Crippen LogP contribution in [0.25, 0.3) is 0 Å². The zero-order chi connectivity index (χ0) is 15.9. The second-order valence-corrected chi connectivity index (χ2v) is 4.74. The third kappa shape index (κ3) is 4.09. The molecule has 0 aliphatic rings. The number of carbonyl (C=O) groups excluding carboxylic acids is 2. The summed E-state index contributed by atoms with van der Waals surface area (Å²) in [5, 5.41) is 5.77. The van der Waals surface area contributed by atoms with Crippen LogP contribution in [0.2, 0.25) is 0 Å². The Morgan fingerprint density at radius 1 is 1.09 bits per heavy atom. The number of nitrogens with one attached hydrogen (secondary N) is 2. The van der Waals surface area contributed by atoms with Gasteiger partial charge >= 0.3 is 0 Å². The summed E-state index contributed by atoms with van der Waals surface area (Å²) in [5.41, 5.74) is 1.91. The Hall–Kier alpha value is -2.82. The molecule has 1 amide bonds. The Kier molecular flexibility index (Phi) is 5.14. The van der Waals surface area contributed by atoms with Gasteiger partial charge in [0.2, 0.25) is 5.91 Å². The van der Waals surface area contributed by atoms with Crippen molar-refractivity contribution in [2.45, 2.75) is 6.92 Å². The SMILES string of the molecule is COc1ccccc1NCC(=O)Nc1cccc(C(C)=O)c1. The number of anilines is 2. The predicted molar refractivity (Wildman–Crippen MR) is 86.6 cm³/mol. The first-order chi connectivity index (χ1) is 10.6. The van der Waals surface area contributed by atoms with Crippen LogP contribution in [0.4, 0.5) is 11.4 Å². The number of carbonyl (C=O) groups is 2. The molecule has 2 rings (SSSR count). The summed E-state index contributed by atoms with van der Waals surface area (Å²) in [7, 11) is 1.58. The summed E-state index contributed by atoms with van der Waals surface area (Å²) in [6.45, 7) is 1.59. The van der Waals surface area contributed by atoms with Crippen molar-refractivity contribution in [3.63, 3.8) is 0 Å². The average molecular weight is 298 g/mol. The second kappa shape index (κ2) is 7.26. The number of benzene rings is 2. The van der Waals surface area contributed by atoms with Gasteiger partial charge in [0.25, 0.3) is 0 Å². The minimum Gasteiger partial charge on any atom is -0.495 e. The largest absolute Gasteiger partial charge is 0.495 e. The highest BCUT2D eigenvalue weighted by atomic mass is 16.5. The average Bonchev–Trinajstić information content (AvgIpc) is 2.53. The molecule has 114 valence electrons.